The minimum Gasteiger partial charge on any atom is -0.507 e. The van der Waals surface area contributed by atoms with Crippen LogP contribution >= 0.6 is 11.6 Å². The van der Waals surface area contributed by atoms with Gasteiger partial charge >= 0.3 is 0 Å². The molecule has 5 nitrogen and oxygen atoms in total. The molecule has 2 aromatic rings. The van der Waals surface area contributed by atoms with Gasteiger partial charge in [0.2, 0.25) is 0 Å². The van der Waals surface area contributed by atoms with Crippen LogP contribution in [-0.4, -0.2) is 28.5 Å². The van der Waals surface area contributed by atoms with Gasteiger partial charge in [0.1, 0.15) is 5.75 Å². The maximum absolute atomic E-state index is 9.81. The van der Waals surface area contributed by atoms with Gasteiger partial charge in [0.05, 0.1) is 5.56 Å². The predicted molar refractivity (Wildman–Crippen MR) is 69.0 cm³/mol. The Morgan fingerprint density at radius 1 is 1.42 bits per heavy atom. The van der Waals surface area contributed by atoms with Crippen LogP contribution in [0.1, 0.15) is 12.2 Å². The largest absolute Gasteiger partial charge is 0.507 e. The molecule has 0 amide bonds. The highest BCUT2D eigenvalue weighted by Crippen LogP contribution is 2.30. The number of phenolic OH excluding ortho intramolecular Hbond substituents is 1. The number of aromatic nitrogens is 2. The summed E-state index contributed by atoms with van der Waals surface area (Å²) in [4.78, 5) is 4.30. The van der Waals surface area contributed by atoms with Crippen molar-refractivity contribution < 1.29 is 14.4 Å². The summed E-state index contributed by atoms with van der Waals surface area (Å²) in [6, 6.07) is 4.78. The van der Waals surface area contributed by atoms with Gasteiger partial charge in [-0.2, -0.15) is 4.98 Å². The van der Waals surface area contributed by atoms with Gasteiger partial charge in [0, 0.05) is 24.7 Å². The first kappa shape index (κ1) is 12.4. The predicted octanol–water partition coefficient (Wildman–Crippen LogP) is 2.67. The van der Waals surface area contributed by atoms with Gasteiger partial charge in [0.15, 0.2) is 5.82 Å². The van der Waals surface area contributed by atoms with E-state index in [0.717, 1.165) is 26.1 Å². The highest BCUT2D eigenvalue weighted by atomic mass is 35.5. The maximum atomic E-state index is 9.81. The lowest BCUT2D eigenvalue weighted by Gasteiger charge is -2.01. The Hall–Kier alpha value is -1.59. The van der Waals surface area contributed by atoms with Crippen LogP contribution < -0.4 is 0 Å². The van der Waals surface area contributed by atoms with Gasteiger partial charge in [-0.25, -0.2) is 0 Å². The van der Waals surface area contributed by atoms with Gasteiger partial charge in [-0.15, -0.1) is 0 Å². The van der Waals surface area contributed by atoms with Crippen molar-refractivity contribution in [3.63, 3.8) is 0 Å². The minimum atomic E-state index is 0.0342. The molecular formula is C13H13ClN2O3. The zero-order valence-corrected chi connectivity index (χ0v) is 10.9. The Morgan fingerprint density at radius 3 is 3.05 bits per heavy atom. The van der Waals surface area contributed by atoms with Crippen LogP contribution in [0.15, 0.2) is 22.7 Å². The molecule has 1 aliphatic heterocycles. The fraction of sp³-hybridized carbons (Fsp3) is 0.385. The monoisotopic (exact) mass is 280 g/mol. The van der Waals surface area contributed by atoms with E-state index in [-0.39, 0.29) is 5.75 Å². The molecule has 1 fully saturated rings. The van der Waals surface area contributed by atoms with Crippen LogP contribution in [0.25, 0.3) is 11.5 Å². The molecule has 100 valence electrons. The van der Waals surface area contributed by atoms with Crippen molar-refractivity contribution in [2.24, 2.45) is 5.92 Å². The lowest BCUT2D eigenvalue weighted by Crippen LogP contribution is -2.04. The molecule has 1 unspecified atom stereocenters. The van der Waals surface area contributed by atoms with E-state index in [9.17, 15) is 5.11 Å². The second-order valence-corrected chi connectivity index (χ2v) is 5.05. The molecule has 19 heavy (non-hydrogen) atoms. The summed E-state index contributed by atoms with van der Waals surface area (Å²) in [5, 5.41) is 14.2. The Bertz CT molecular complexity index is 579. The van der Waals surface area contributed by atoms with Crippen LogP contribution in [0.2, 0.25) is 5.02 Å². The minimum absolute atomic E-state index is 0.0342. The number of rotatable bonds is 3. The van der Waals surface area contributed by atoms with E-state index < -0.39 is 0 Å². The Labute approximate surface area is 115 Å². The summed E-state index contributed by atoms with van der Waals surface area (Å²) in [5.41, 5.74) is 0.492. The summed E-state index contributed by atoms with van der Waals surface area (Å²) >= 11 is 5.78. The molecule has 1 saturated heterocycles. The van der Waals surface area contributed by atoms with Gasteiger partial charge in [-0.1, -0.05) is 16.8 Å². The molecule has 0 spiro atoms. The number of ether oxygens (including phenoxy) is 1. The molecule has 1 N–H and O–H groups in total. The standard InChI is InChI=1S/C13H13ClN2O3/c14-9-1-2-10(11(17)6-9)13-15-12(16-19-13)5-8-3-4-18-7-8/h1-2,6,8,17H,3-5,7H2. The number of benzene rings is 1. The first-order valence-corrected chi connectivity index (χ1v) is 6.49. The van der Waals surface area contributed by atoms with E-state index in [4.69, 9.17) is 20.9 Å². The van der Waals surface area contributed by atoms with Crippen LogP contribution in [0.5, 0.6) is 5.75 Å². The molecular weight excluding hydrogens is 268 g/mol. The lowest BCUT2D eigenvalue weighted by molar-refractivity contribution is 0.185. The normalized spacial score (nSPS) is 18.9. The third kappa shape index (κ3) is 2.72. The quantitative estimate of drug-likeness (QED) is 0.936. The van der Waals surface area contributed by atoms with Crippen molar-refractivity contribution in [2.45, 2.75) is 12.8 Å². The average molecular weight is 281 g/mol. The first-order valence-electron chi connectivity index (χ1n) is 6.11. The van der Waals surface area contributed by atoms with E-state index in [1.54, 1.807) is 12.1 Å². The topological polar surface area (TPSA) is 68.4 Å². The van der Waals surface area contributed by atoms with Crippen LogP contribution in [0, 0.1) is 5.92 Å². The summed E-state index contributed by atoms with van der Waals surface area (Å²) in [5.74, 6) is 1.43. The summed E-state index contributed by atoms with van der Waals surface area (Å²) in [6.07, 6.45) is 1.76. The lowest BCUT2D eigenvalue weighted by atomic mass is 10.1. The number of nitrogens with zero attached hydrogens (tertiary/aromatic N) is 2. The number of phenols is 1. The Kier molecular flexibility index (Phi) is 3.40. The zero-order valence-electron chi connectivity index (χ0n) is 10.2. The Morgan fingerprint density at radius 2 is 2.32 bits per heavy atom. The molecule has 0 radical (unpaired) electrons. The van der Waals surface area contributed by atoms with Gasteiger partial charge in [-0.05, 0) is 30.5 Å². The van der Waals surface area contributed by atoms with Gasteiger partial charge in [0.25, 0.3) is 5.89 Å². The highest BCUT2D eigenvalue weighted by molar-refractivity contribution is 6.30. The van der Waals surface area contributed by atoms with Gasteiger partial charge in [-0.3, -0.25) is 0 Å². The Balaban J connectivity index is 1.80. The molecule has 0 bridgehead atoms. The average Bonchev–Trinajstić information content (AvgIpc) is 3.01. The van der Waals surface area contributed by atoms with E-state index >= 15 is 0 Å². The number of hydrogen-bond donors (Lipinski definition) is 1. The molecule has 0 saturated carbocycles. The summed E-state index contributed by atoms with van der Waals surface area (Å²) < 4.78 is 10.5. The molecule has 6 heteroatoms. The van der Waals surface area contributed by atoms with Crippen molar-refractivity contribution in [2.75, 3.05) is 13.2 Å². The van der Waals surface area contributed by atoms with Crippen LogP contribution in [0.4, 0.5) is 0 Å². The van der Waals surface area contributed by atoms with Crippen molar-refractivity contribution in [1.29, 1.82) is 0 Å². The molecule has 1 aromatic heterocycles. The van der Waals surface area contributed by atoms with E-state index in [0.29, 0.717) is 28.2 Å². The third-order valence-electron chi connectivity index (χ3n) is 3.15. The number of halogens is 1. The molecule has 3 rings (SSSR count). The zero-order chi connectivity index (χ0) is 13.2. The van der Waals surface area contributed by atoms with Crippen molar-refractivity contribution in [3.05, 3.63) is 29.0 Å². The molecule has 1 aliphatic rings. The second kappa shape index (κ2) is 5.19. The maximum Gasteiger partial charge on any atom is 0.261 e. The molecule has 1 atom stereocenters. The smallest absolute Gasteiger partial charge is 0.261 e. The second-order valence-electron chi connectivity index (χ2n) is 4.61. The van der Waals surface area contributed by atoms with E-state index in [2.05, 4.69) is 10.1 Å². The van der Waals surface area contributed by atoms with Gasteiger partial charge < -0.3 is 14.4 Å². The van der Waals surface area contributed by atoms with Crippen molar-refractivity contribution >= 4 is 11.6 Å². The van der Waals surface area contributed by atoms with Crippen molar-refractivity contribution in [1.82, 2.24) is 10.1 Å². The highest BCUT2D eigenvalue weighted by Gasteiger charge is 2.20. The summed E-state index contributed by atoms with van der Waals surface area (Å²) in [6.45, 7) is 1.55. The third-order valence-corrected chi connectivity index (χ3v) is 3.39. The summed E-state index contributed by atoms with van der Waals surface area (Å²) in [7, 11) is 0. The van der Waals surface area contributed by atoms with E-state index in [1.807, 2.05) is 0 Å². The molecule has 2 heterocycles. The number of hydrogen-bond acceptors (Lipinski definition) is 5. The molecule has 1 aromatic carbocycles. The SMILES string of the molecule is Oc1cc(Cl)ccc1-c1nc(CC2CCOC2)no1. The fourth-order valence-corrected chi connectivity index (χ4v) is 2.30. The molecule has 0 aliphatic carbocycles. The number of aromatic hydroxyl groups is 1. The van der Waals surface area contributed by atoms with Crippen LogP contribution in [0.3, 0.4) is 0 Å². The van der Waals surface area contributed by atoms with E-state index in [1.165, 1.54) is 6.07 Å². The fourth-order valence-electron chi connectivity index (χ4n) is 2.13. The first-order chi connectivity index (χ1) is 9.22. The van der Waals surface area contributed by atoms with Crippen molar-refractivity contribution in [3.8, 4) is 17.2 Å². The van der Waals surface area contributed by atoms with Crippen LogP contribution in [-0.2, 0) is 11.2 Å².